The molecule has 0 fully saturated rings. The first-order valence-corrected chi connectivity index (χ1v) is 9.48. The summed E-state index contributed by atoms with van der Waals surface area (Å²) in [7, 11) is 2.85. The van der Waals surface area contributed by atoms with E-state index in [0.717, 1.165) is 6.07 Å². The molecule has 0 saturated carbocycles. The predicted octanol–water partition coefficient (Wildman–Crippen LogP) is 4.91. The Hall–Kier alpha value is -4.73. The third-order valence-electron chi connectivity index (χ3n) is 4.59. The Bertz CT molecular complexity index is 1250. The van der Waals surface area contributed by atoms with Crippen molar-refractivity contribution in [2.24, 2.45) is 0 Å². The molecule has 0 amide bonds. The third kappa shape index (κ3) is 5.31. The lowest BCUT2D eigenvalue weighted by molar-refractivity contribution is -0.394. The van der Waals surface area contributed by atoms with Gasteiger partial charge in [-0.3, -0.25) is 20.2 Å². The maximum Gasteiger partial charge on any atom is 0.347 e. The first kappa shape index (κ1) is 22.9. The normalized spacial score (nSPS) is 10.6. The maximum atomic E-state index is 12.6. The lowest BCUT2D eigenvalue weighted by Crippen LogP contribution is -2.10. The van der Waals surface area contributed by atoms with Crippen molar-refractivity contribution in [2.75, 3.05) is 14.2 Å². The van der Waals surface area contributed by atoms with Gasteiger partial charge >= 0.3 is 5.97 Å². The Morgan fingerprint density at radius 3 is 2.21 bits per heavy atom. The Balaban J connectivity index is 1.86. The average Bonchev–Trinajstić information content (AvgIpc) is 2.82. The molecular weight excluding hydrogens is 432 g/mol. The summed E-state index contributed by atoms with van der Waals surface area (Å²) in [6.45, 7) is 0. The minimum atomic E-state index is -0.698. The van der Waals surface area contributed by atoms with Crippen LogP contribution in [0.3, 0.4) is 0 Å². The molecule has 0 radical (unpaired) electrons. The minimum Gasteiger partial charge on any atom is -0.496 e. The van der Waals surface area contributed by atoms with Crippen LogP contribution in [0.25, 0.3) is 12.2 Å². The van der Waals surface area contributed by atoms with Crippen molar-refractivity contribution in [3.05, 3.63) is 97.6 Å². The van der Waals surface area contributed by atoms with Crippen LogP contribution < -0.4 is 14.2 Å². The fraction of sp³-hybridized carbons (Fsp3) is 0.0870. The number of non-ortho nitro benzene ring substituents is 1. The van der Waals surface area contributed by atoms with Crippen molar-refractivity contribution in [1.29, 1.82) is 0 Å². The summed E-state index contributed by atoms with van der Waals surface area (Å²) >= 11 is 0. The number of esters is 1. The number of benzene rings is 3. The van der Waals surface area contributed by atoms with Crippen LogP contribution in [0.5, 0.6) is 17.2 Å². The zero-order chi connectivity index (χ0) is 24.0. The molecule has 0 heterocycles. The number of para-hydroxylation sites is 1. The highest BCUT2D eigenvalue weighted by Gasteiger charge is 2.18. The van der Waals surface area contributed by atoms with Gasteiger partial charge < -0.3 is 14.2 Å². The topological polar surface area (TPSA) is 131 Å². The molecule has 3 aromatic carbocycles. The number of methoxy groups -OCH3 is 2. The van der Waals surface area contributed by atoms with Gasteiger partial charge in [0, 0.05) is 6.07 Å². The average molecular weight is 450 g/mol. The number of hydrogen-bond acceptors (Lipinski definition) is 8. The number of hydrogen-bond donors (Lipinski definition) is 0. The first-order valence-electron chi connectivity index (χ1n) is 9.48. The summed E-state index contributed by atoms with van der Waals surface area (Å²) in [5, 5.41) is 22.2. The van der Waals surface area contributed by atoms with Crippen molar-refractivity contribution in [1.82, 2.24) is 0 Å². The first-order chi connectivity index (χ1) is 15.8. The van der Waals surface area contributed by atoms with Gasteiger partial charge in [0.25, 0.3) is 11.4 Å². The van der Waals surface area contributed by atoms with Crippen LogP contribution >= 0.6 is 0 Å². The van der Waals surface area contributed by atoms with E-state index in [4.69, 9.17) is 14.2 Å². The minimum absolute atomic E-state index is 0.173. The van der Waals surface area contributed by atoms with E-state index in [0.29, 0.717) is 11.3 Å². The van der Waals surface area contributed by atoms with E-state index < -0.39 is 21.5 Å². The van der Waals surface area contributed by atoms with Gasteiger partial charge in [-0.2, -0.15) is 0 Å². The maximum absolute atomic E-state index is 12.6. The predicted molar refractivity (Wildman–Crippen MR) is 120 cm³/mol. The zero-order valence-electron chi connectivity index (χ0n) is 17.6. The van der Waals surface area contributed by atoms with E-state index in [2.05, 4.69) is 0 Å². The van der Waals surface area contributed by atoms with Crippen LogP contribution in [0.2, 0.25) is 0 Å². The molecule has 0 unspecified atom stereocenters. The second kappa shape index (κ2) is 10.1. The summed E-state index contributed by atoms with van der Waals surface area (Å²) in [6, 6.07) is 14.7. The highest BCUT2D eigenvalue weighted by Crippen LogP contribution is 2.31. The van der Waals surface area contributed by atoms with Crippen molar-refractivity contribution in [3.63, 3.8) is 0 Å². The summed E-state index contributed by atoms with van der Waals surface area (Å²) in [5.74, 6) is 0.173. The van der Waals surface area contributed by atoms with Crippen molar-refractivity contribution in [2.45, 2.75) is 0 Å². The van der Waals surface area contributed by atoms with Crippen molar-refractivity contribution >= 4 is 29.5 Å². The van der Waals surface area contributed by atoms with Crippen LogP contribution in [0, 0.1) is 20.2 Å². The SMILES string of the molecule is COc1cc(C=Cc2ccc([N+](=O)[O-])cc2[N+](=O)[O-])ccc1OC(=O)c1ccccc1OC. The van der Waals surface area contributed by atoms with Crippen molar-refractivity contribution < 1.29 is 28.9 Å². The molecule has 0 aliphatic heterocycles. The molecule has 33 heavy (non-hydrogen) atoms. The summed E-state index contributed by atoms with van der Waals surface area (Å²) in [6.07, 6.45) is 3.03. The molecule has 0 spiro atoms. The number of carbonyl (C=O) groups is 1. The van der Waals surface area contributed by atoms with Crippen LogP contribution in [-0.2, 0) is 0 Å². The number of carbonyl (C=O) groups excluding carboxylic acids is 1. The van der Waals surface area contributed by atoms with Crippen LogP contribution in [0.15, 0.2) is 60.7 Å². The fourth-order valence-corrected chi connectivity index (χ4v) is 2.97. The summed E-state index contributed by atoms with van der Waals surface area (Å²) in [4.78, 5) is 33.3. The molecule has 0 atom stereocenters. The Morgan fingerprint density at radius 1 is 0.818 bits per heavy atom. The smallest absolute Gasteiger partial charge is 0.347 e. The molecule has 0 N–H and O–H groups in total. The van der Waals surface area contributed by atoms with Gasteiger partial charge in [-0.25, -0.2) is 4.79 Å². The highest BCUT2D eigenvalue weighted by atomic mass is 16.6. The monoisotopic (exact) mass is 450 g/mol. The second-order valence-electron chi connectivity index (χ2n) is 6.59. The standard InChI is InChI=1S/C23H18N2O8/c1-31-20-6-4-3-5-18(20)23(26)33-21-12-8-15(13-22(21)32-2)7-9-16-10-11-17(24(27)28)14-19(16)25(29)30/h3-14H,1-2H3. The Kier molecular flexibility index (Phi) is 6.99. The van der Waals surface area contributed by atoms with E-state index in [9.17, 15) is 25.0 Å². The molecule has 168 valence electrons. The number of nitro benzene ring substituents is 2. The second-order valence-corrected chi connectivity index (χ2v) is 6.59. The lowest BCUT2D eigenvalue weighted by Gasteiger charge is -2.11. The van der Waals surface area contributed by atoms with E-state index >= 15 is 0 Å². The molecular formula is C23H18N2O8. The van der Waals surface area contributed by atoms with Crippen LogP contribution in [-0.4, -0.2) is 30.0 Å². The molecule has 0 aromatic heterocycles. The van der Waals surface area contributed by atoms with E-state index in [1.54, 1.807) is 42.5 Å². The molecule has 0 aliphatic carbocycles. The van der Waals surface area contributed by atoms with Gasteiger partial charge in [0.1, 0.15) is 11.3 Å². The summed E-state index contributed by atoms with van der Waals surface area (Å²) < 4.78 is 15.9. The largest absolute Gasteiger partial charge is 0.496 e. The molecule has 0 aliphatic rings. The summed E-state index contributed by atoms with van der Waals surface area (Å²) in [5.41, 5.74) is 0.265. The van der Waals surface area contributed by atoms with E-state index in [-0.39, 0.29) is 28.3 Å². The quantitative estimate of drug-likeness (QED) is 0.155. The number of nitro groups is 2. The molecule has 3 aromatic rings. The van der Waals surface area contributed by atoms with Crippen molar-refractivity contribution in [3.8, 4) is 17.2 Å². The van der Waals surface area contributed by atoms with Gasteiger partial charge in [0.2, 0.25) is 0 Å². The molecule has 10 nitrogen and oxygen atoms in total. The molecule has 0 bridgehead atoms. The van der Waals surface area contributed by atoms with Crippen LogP contribution in [0.4, 0.5) is 11.4 Å². The highest BCUT2D eigenvalue weighted by molar-refractivity contribution is 5.94. The fourth-order valence-electron chi connectivity index (χ4n) is 2.97. The Morgan fingerprint density at radius 2 is 1.55 bits per heavy atom. The molecule has 10 heteroatoms. The van der Waals surface area contributed by atoms with Gasteiger partial charge in [0.05, 0.1) is 35.7 Å². The molecule has 3 rings (SSSR count). The van der Waals surface area contributed by atoms with E-state index in [1.807, 2.05) is 0 Å². The van der Waals surface area contributed by atoms with Gasteiger partial charge in [-0.15, -0.1) is 0 Å². The zero-order valence-corrected chi connectivity index (χ0v) is 17.6. The lowest BCUT2D eigenvalue weighted by atomic mass is 10.1. The number of rotatable bonds is 8. The van der Waals surface area contributed by atoms with Gasteiger partial charge in [0.15, 0.2) is 11.5 Å². The van der Waals surface area contributed by atoms with E-state index in [1.165, 1.54) is 38.5 Å². The van der Waals surface area contributed by atoms with Gasteiger partial charge in [-0.05, 0) is 42.0 Å². The Labute approximate surface area is 187 Å². The molecule has 0 saturated heterocycles. The van der Waals surface area contributed by atoms with Crippen LogP contribution in [0.1, 0.15) is 21.5 Å². The number of nitrogens with zero attached hydrogens (tertiary/aromatic N) is 2. The van der Waals surface area contributed by atoms with Gasteiger partial charge in [-0.1, -0.05) is 24.3 Å². The number of ether oxygens (including phenoxy) is 3. The third-order valence-corrected chi connectivity index (χ3v) is 4.59.